The number of aromatic nitrogens is 1. The highest BCUT2D eigenvalue weighted by Gasteiger charge is 2.30. The topological polar surface area (TPSA) is 133 Å². The lowest BCUT2D eigenvalue weighted by Crippen LogP contribution is -2.23. The number of nitrogens with one attached hydrogen (secondary N) is 3. The molecule has 4 N–H and O–H groups in total. The Kier molecular flexibility index (Phi) is 8.95. The highest BCUT2D eigenvalue weighted by Crippen LogP contribution is 2.29. The molecule has 0 unspecified atom stereocenters. The smallest absolute Gasteiger partial charge is 0.416 e. The molecule has 37 heavy (non-hydrogen) atoms. The summed E-state index contributed by atoms with van der Waals surface area (Å²) in [5, 5.41) is 16.1. The molecule has 13 heteroatoms. The molecule has 0 spiro atoms. The lowest BCUT2D eigenvalue weighted by Gasteiger charge is -2.09. The number of hydrogen-bond acceptors (Lipinski definition) is 6. The third kappa shape index (κ3) is 8.42. The Bertz CT molecular complexity index is 1290. The van der Waals surface area contributed by atoms with E-state index in [9.17, 15) is 27.6 Å². The molecular formula is C24H22F3N5O4S. The summed E-state index contributed by atoms with van der Waals surface area (Å²) >= 11 is 1.01. The predicted molar refractivity (Wildman–Crippen MR) is 132 cm³/mol. The summed E-state index contributed by atoms with van der Waals surface area (Å²) in [6, 6.07) is 11.5. The van der Waals surface area contributed by atoms with Gasteiger partial charge in [-0.15, -0.1) is 0 Å². The minimum atomic E-state index is -4.44. The van der Waals surface area contributed by atoms with Gasteiger partial charge in [0.15, 0.2) is 5.13 Å². The average Bonchev–Trinajstić information content (AvgIpc) is 3.23. The van der Waals surface area contributed by atoms with E-state index >= 15 is 0 Å². The molecule has 0 aliphatic carbocycles. The quantitative estimate of drug-likeness (QED) is 0.233. The van der Waals surface area contributed by atoms with Gasteiger partial charge in [0.1, 0.15) is 4.88 Å². The Morgan fingerprint density at radius 2 is 1.68 bits per heavy atom. The minimum absolute atomic E-state index is 0.0164. The third-order valence-corrected chi connectivity index (χ3v) is 5.92. The summed E-state index contributed by atoms with van der Waals surface area (Å²) in [6.07, 6.45) is -3.71. The first-order chi connectivity index (χ1) is 17.5. The summed E-state index contributed by atoms with van der Waals surface area (Å²) < 4.78 is 38.2. The molecule has 3 amide bonds. The standard InChI is InChI=1S/C24H22F3N5O4S/c1-14(33)31-22-32-19(11-6-15-4-9-18(10-5-15)29-13-30-23(35)36)20(37-22)21(34)28-12-16-2-7-17(8-3-16)24(25,26)27/h2-5,7-10,13H,6,11-12H2,1H3,(H,28,34)(H,29,30)(H,35,36)(H,31,32,33). The number of thiazole rings is 1. The monoisotopic (exact) mass is 533 g/mol. The molecule has 0 bridgehead atoms. The van der Waals surface area contributed by atoms with E-state index in [1.165, 1.54) is 19.1 Å². The zero-order valence-corrected chi connectivity index (χ0v) is 20.2. The van der Waals surface area contributed by atoms with E-state index in [-0.39, 0.29) is 22.5 Å². The zero-order valence-electron chi connectivity index (χ0n) is 19.4. The van der Waals surface area contributed by atoms with Crippen molar-refractivity contribution in [1.82, 2.24) is 15.6 Å². The number of rotatable bonds is 9. The van der Waals surface area contributed by atoms with E-state index in [1.54, 1.807) is 24.3 Å². The van der Waals surface area contributed by atoms with Gasteiger partial charge in [-0.05, 0) is 48.2 Å². The fourth-order valence-corrected chi connectivity index (χ4v) is 4.12. The van der Waals surface area contributed by atoms with Crippen LogP contribution in [0.25, 0.3) is 0 Å². The highest BCUT2D eigenvalue weighted by atomic mass is 32.1. The van der Waals surface area contributed by atoms with E-state index in [2.05, 4.69) is 20.6 Å². The molecule has 9 nitrogen and oxygen atoms in total. The minimum Gasteiger partial charge on any atom is -0.465 e. The predicted octanol–water partition coefficient (Wildman–Crippen LogP) is 4.76. The average molecular weight is 534 g/mol. The Balaban J connectivity index is 1.67. The number of alkyl halides is 3. The first-order valence-electron chi connectivity index (χ1n) is 10.8. The number of aliphatic imine (C=N–C) groups is 1. The van der Waals surface area contributed by atoms with Crippen molar-refractivity contribution in [2.24, 2.45) is 4.99 Å². The molecule has 0 atom stereocenters. The maximum absolute atomic E-state index is 12.9. The molecule has 0 aliphatic heterocycles. The Morgan fingerprint density at radius 3 is 2.27 bits per heavy atom. The van der Waals surface area contributed by atoms with Crippen LogP contribution in [0.2, 0.25) is 0 Å². The van der Waals surface area contributed by atoms with Crippen LogP contribution in [0.15, 0.2) is 53.5 Å². The summed E-state index contributed by atoms with van der Waals surface area (Å²) in [5.74, 6) is -0.801. The van der Waals surface area contributed by atoms with Gasteiger partial charge in [0.2, 0.25) is 5.91 Å². The van der Waals surface area contributed by atoms with Crippen LogP contribution < -0.4 is 16.0 Å². The van der Waals surface area contributed by atoms with Crippen LogP contribution in [0.4, 0.5) is 28.8 Å². The van der Waals surface area contributed by atoms with Crippen LogP contribution >= 0.6 is 11.3 Å². The lowest BCUT2D eigenvalue weighted by molar-refractivity contribution is -0.137. The maximum Gasteiger partial charge on any atom is 0.416 e. The second-order valence-corrected chi connectivity index (χ2v) is 8.73. The van der Waals surface area contributed by atoms with Crippen LogP contribution in [0, 0.1) is 0 Å². The molecule has 2 aromatic carbocycles. The van der Waals surface area contributed by atoms with Crippen molar-refractivity contribution < 1.29 is 32.7 Å². The van der Waals surface area contributed by atoms with Gasteiger partial charge >= 0.3 is 12.3 Å². The number of nitrogens with zero attached hydrogens (tertiary/aromatic N) is 2. The number of carboxylic acid groups (broad SMARTS) is 1. The van der Waals surface area contributed by atoms with Crippen molar-refractivity contribution in [3.05, 3.63) is 75.8 Å². The van der Waals surface area contributed by atoms with E-state index < -0.39 is 23.7 Å². The van der Waals surface area contributed by atoms with Crippen molar-refractivity contribution in [3.8, 4) is 0 Å². The van der Waals surface area contributed by atoms with Gasteiger partial charge in [0.25, 0.3) is 5.91 Å². The molecule has 0 fully saturated rings. The van der Waals surface area contributed by atoms with Gasteiger partial charge in [0.05, 0.1) is 23.3 Å². The number of aryl methyl sites for hydroxylation is 2. The number of carbonyl (C=O) groups is 3. The molecule has 0 saturated carbocycles. The number of halogens is 3. The van der Waals surface area contributed by atoms with E-state index in [4.69, 9.17) is 5.11 Å². The Morgan fingerprint density at radius 1 is 1.03 bits per heavy atom. The number of anilines is 1. The van der Waals surface area contributed by atoms with Crippen molar-refractivity contribution >= 4 is 46.4 Å². The summed E-state index contributed by atoms with van der Waals surface area (Å²) in [7, 11) is 0. The highest BCUT2D eigenvalue weighted by molar-refractivity contribution is 7.17. The molecule has 1 heterocycles. The SMILES string of the molecule is CC(=O)Nc1nc(CCc2ccc(N=CNC(=O)O)cc2)c(C(=O)NCc2ccc(C(F)(F)F)cc2)s1. The largest absolute Gasteiger partial charge is 0.465 e. The van der Waals surface area contributed by atoms with Gasteiger partial charge in [-0.2, -0.15) is 13.2 Å². The summed E-state index contributed by atoms with van der Waals surface area (Å²) in [4.78, 5) is 43.4. The number of hydrogen-bond donors (Lipinski definition) is 4. The van der Waals surface area contributed by atoms with Gasteiger partial charge in [0, 0.05) is 13.5 Å². The van der Waals surface area contributed by atoms with Crippen molar-refractivity contribution in [3.63, 3.8) is 0 Å². The number of amides is 3. The first-order valence-corrected chi connectivity index (χ1v) is 11.7. The number of benzene rings is 2. The fourth-order valence-electron chi connectivity index (χ4n) is 3.15. The fraction of sp³-hybridized carbons (Fsp3) is 0.208. The van der Waals surface area contributed by atoms with Crippen LogP contribution in [-0.4, -0.2) is 34.3 Å². The van der Waals surface area contributed by atoms with Crippen molar-refractivity contribution in [1.29, 1.82) is 0 Å². The van der Waals surface area contributed by atoms with Crippen molar-refractivity contribution in [2.45, 2.75) is 32.5 Å². The summed E-state index contributed by atoms with van der Waals surface area (Å²) in [6.45, 7) is 1.34. The molecule has 0 saturated heterocycles. The van der Waals surface area contributed by atoms with Gasteiger partial charge in [-0.25, -0.2) is 14.8 Å². The Labute approximate surface area is 213 Å². The molecule has 194 valence electrons. The molecule has 0 aliphatic rings. The van der Waals surface area contributed by atoms with Crippen LogP contribution in [0.5, 0.6) is 0 Å². The maximum atomic E-state index is 12.9. The molecule has 1 aromatic heterocycles. The summed E-state index contributed by atoms with van der Waals surface area (Å²) in [5.41, 5.74) is 1.64. The normalized spacial score (nSPS) is 11.4. The molecule has 3 aromatic rings. The third-order valence-electron chi connectivity index (χ3n) is 4.91. The van der Waals surface area contributed by atoms with Gasteiger partial charge in [-0.1, -0.05) is 35.6 Å². The van der Waals surface area contributed by atoms with Crippen molar-refractivity contribution in [2.75, 3.05) is 5.32 Å². The zero-order chi connectivity index (χ0) is 27.0. The number of carbonyl (C=O) groups excluding carboxylic acids is 2. The lowest BCUT2D eigenvalue weighted by atomic mass is 10.1. The second kappa shape index (κ2) is 12.1. The van der Waals surface area contributed by atoms with Crippen LogP contribution in [-0.2, 0) is 30.4 Å². The van der Waals surface area contributed by atoms with E-state index in [1.807, 2.05) is 5.32 Å². The molecule has 3 rings (SSSR count). The van der Waals surface area contributed by atoms with E-state index in [0.29, 0.717) is 29.8 Å². The van der Waals surface area contributed by atoms with E-state index in [0.717, 1.165) is 35.4 Å². The first kappa shape index (κ1) is 27.3. The van der Waals surface area contributed by atoms with Crippen LogP contribution in [0.1, 0.15) is 39.0 Å². The van der Waals surface area contributed by atoms with Gasteiger partial charge < -0.3 is 15.7 Å². The Hall–Kier alpha value is -4.26. The molecular weight excluding hydrogens is 511 g/mol. The second-order valence-electron chi connectivity index (χ2n) is 7.73. The van der Waals surface area contributed by atoms with Gasteiger partial charge in [-0.3, -0.25) is 14.9 Å². The van der Waals surface area contributed by atoms with Crippen LogP contribution in [0.3, 0.4) is 0 Å². The molecule has 0 radical (unpaired) electrons.